The van der Waals surface area contributed by atoms with Crippen molar-refractivity contribution in [1.29, 1.82) is 0 Å². The normalized spacial score (nSPS) is 11.5. The number of hydrogen-bond donors (Lipinski definition) is 0. The van der Waals surface area contributed by atoms with Crippen LogP contribution in [0.2, 0.25) is 9.88 Å². The van der Waals surface area contributed by atoms with E-state index in [0.717, 1.165) is 0 Å². The SMILES string of the molecule is [CH3][Sn]([CH3])([CH2]I)[c]1ccccc1. The molecule has 0 unspecified atom stereocenters. The summed E-state index contributed by atoms with van der Waals surface area (Å²) in [5.41, 5.74) is 0. The van der Waals surface area contributed by atoms with Gasteiger partial charge in [-0.3, -0.25) is 0 Å². The van der Waals surface area contributed by atoms with Crippen LogP contribution in [0, 0.1) is 0 Å². The van der Waals surface area contributed by atoms with E-state index >= 15 is 0 Å². The molecule has 0 atom stereocenters. The summed E-state index contributed by atoms with van der Waals surface area (Å²) in [6.45, 7) is 0. The fourth-order valence-electron chi connectivity index (χ4n) is 0.966. The summed E-state index contributed by atoms with van der Waals surface area (Å²) >= 11 is 0.750. The van der Waals surface area contributed by atoms with Crippen LogP contribution < -0.4 is 3.58 Å². The summed E-state index contributed by atoms with van der Waals surface area (Å²) in [5.74, 6) is 0. The number of benzene rings is 1. The van der Waals surface area contributed by atoms with Gasteiger partial charge in [-0.25, -0.2) is 0 Å². The van der Waals surface area contributed by atoms with Gasteiger partial charge in [-0.2, -0.15) is 0 Å². The molecule has 0 nitrogen and oxygen atoms in total. The Bertz CT molecular complexity index is 218. The Balaban J connectivity index is 2.93. The molecule has 0 saturated heterocycles. The molecule has 0 saturated carbocycles. The van der Waals surface area contributed by atoms with E-state index in [0.29, 0.717) is 0 Å². The molecule has 1 aromatic carbocycles. The zero-order valence-electron chi connectivity index (χ0n) is 6.97. The van der Waals surface area contributed by atoms with Gasteiger partial charge >= 0.3 is 87.2 Å². The Kier molecular flexibility index (Phi) is 3.68. The van der Waals surface area contributed by atoms with Gasteiger partial charge in [0.15, 0.2) is 0 Å². The van der Waals surface area contributed by atoms with Crippen molar-refractivity contribution >= 4 is 44.5 Å². The maximum absolute atomic E-state index is 2.53. The molecule has 0 aliphatic rings. The van der Waals surface area contributed by atoms with Crippen molar-refractivity contribution in [3.05, 3.63) is 30.3 Å². The Morgan fingerprint density at radius 1 is 1.18 bits per heavy atom. The van der Waals surface area contributed by atoms with E-state index in [9.17, 15) is 0 Å². The van der Waals surface area contributed by atoms with Crippen molar-refractivity contribution < 1.29 is 0 Å². The van der Waals surface area contributed by atoms with Crippen LogP contribution in [-0.2, 0) is 0 Å². The molecule has 1 rings (SSSR count). The summed E-state index contributed by atoms with van der Waals surface area (Å²) in [5, 5.41) is 0. The predicted octanol–water partition coefficient (Wildman–Crippen LogP) is 2.58. The number of halogens is 1. The van der Waals surface area contributed by atoms with E-state index in [1.807, 2.05) is 0 Å². The van der Waals surface area contributed by atoms with Crippen LogP contribution in [0.4, 0.5) is 0 Å². The molecule has 0 aliphatic carbocycles. The third-order valence-electron chi connectivity index (χ3n) is 1.89. The first-order chi connectivity index (χ1) is 5.17. The first kappa shape index (κ1) is 9.83. The summed E-state index contributed by atoms with van der Waals surface area (Å²) in [4.78, 5) is 4.97. The van der Waals surface area contributed by atoms with Crippen LogP contribution >= 0.6 is 22.6 Å². The Labute approximate surface area is 86.4 Å². The minimum atomic E-state index is -1.78. The Morgan fingerprint density at radius 3 is 2.18 bits per heavy atom. The minimum absolute atomic E-state index is 1.37. The molecular weight excluding hydrogens is 354 g/mol. The van der Waals surface area contributed by atoms with Crippen LogP contribution in [0.1, 0.15) is 0 Å². The summed E-state index contributed by atoms with van der Waals surface area (Å²) in [6.07, 6.45) is 0. The zero-order chi connectivity index (χ0) is 8.32. The average molecular weight is 367 g/mol. The monoisotopic (exact) mass is 368 g/mol. The molecule has 0 N–H and O–H groups in total. The zero-order valence-corrected chi connectivity index (χ0v) is 12.0. The van der Waals surface area contributed by atoms with E-state index in [-0.39, 0.29) is 0 Å². The van der Waals surface area contributed by atoms with Crippen LogP contribution in [0.5, 0.6) is 0 Å². The second-order valence-corrected chi connectivity index (χ2v) is 21.7. The molecule has 0 spiro atoms. The van der Waals surface area contributed by atoms with Gasteiger partial charge in [0, 0.05) is 0 Å². The molecule has 2 heteroatoms. The number of hydrogen-bond acceptors (Lipinski definition) is 0. The topological polar surface area (TPSA) is 0 Å². The molecule has 0 radical (unpaired) electrons. The molecule has 60 valence electrons. The standard InChI is InChI=1S/C6H5.CH2I.2CH3.Sn/c1-2-4-6-5-3-1;1-2;;;/h1-5H;1H2;2*1H3;. The van der Waals surface area contributed by atoms with Crippen LogP contribution in [0.3, 0.4) is 0 Å². The van der Waals surface area contributed by atoms with Crippen molar-refractivity contribution in [2.45, 2.75) is 9.88 Å². The van der Waals surface area contributed by atoms with Gasteiger partial charge in [0.2, 0.25) is 0 Å². The third-order valence-corrected chi connectivity index (χ3v) is 22.0. The molecule has 0 aromatic heterocycles. The van der Waals surface area contributed by atoms with Gasteiger partial charge in [0.25, 0.3) is 0 Å². The van der Waals surface area contributed by atoms with E-state index in [1.54, 1.807) is 3.58 Å². The second kappa shape index (κ2) is 4.12. The number of alkyl halides is 1. The van der Waals surface area contributed by atoms with Crippen LogP contribution in [-0.4, -0.2) is 20.8 Å². The fourth-order valence-corrected chi connectivity index (χ4v) is 7.49. The molecule has 0 aliphatic heterocycles. The van der Waals surface area contributed by atoms with E-state index in [1.165, 1.54) is 2.44 Å². The quantitative estimate of drug-likeness (QED) is 0.429. The molecule has 1 aromatic rings. The molecular formula is C9H13ISn. The average Bonchev–Trinajstić information content (AvgIpc) is 2.06. The van der Waals surface area contributed by atoms with Crippen molar-refractivity contribution in [3.8, 4) is 0 Å². The van der Waals surface area contributed by atoms with E-state index in [2.05, 4.69) is 62.8 Å². The molecule has 11 heavy (non-hydrogen) atoms. The van der Waals surface area contributed by atoms with Gasteiger partial charge in [0.1, 0.15) is 0 Å². The maximum atomic E-state index is 2.53. The predicted molar refractivity (Wildman–Crippen MR) is 62.4 cm³/mol. The van der Waals surface area contributed by atoms with Gasteiger partial charge in [0.05, 0.1) is 0 Å². The van der Waals surface area contributed by atoms with Crippen molar-refractivity contribution in [1.82, 2.24) is 0 Å². The number of rotatable bonds is 2. The summed E-state index contributed by atoms with van der Waals surface area (Å²) in [6, 6.07) is 11.0. The van der Waals surface area contributed by atoms with Crippen LogP contribution in [0.15, 0.2) is 30.3 Å². The van der Waals surface area contributed by atoms with E-state index < -0.39 is 18.4 Å². The van der Waals surface area contributed by atoms with Gasteiger partial charge in [-0.15, -0.1) is 0 Å². The molecule has 0 bridgehead atoms. The Hall–Kier alpha value is 0.749. The van der Waals surface area contributed by atoms with Crippen molar-refractivity contribution in [3.63, 3.8) is 0 Å². The molecule has 0 fully saturated rings. The van der Waals surface area contributed by atoms with Gasteiger partial charge in [-0.1, -0.05) is 0 Å². The summed E-state index contributed by atoms with van der Waals surface area (Å²) < 4.78 is 3.01. The third kappa shape index (κ3) is 2.61. The van der Waals surface area contributed by atoms with E-state index in [4.69, 9.17) is 0 Å². The first-order valence-corrected chi connectivity index (χ1v) is 14.5. The van der Waals surface area contributed by atoms with Crippen molar-refractivity contribution in [2.24, 2.45) is 0 Å². The summed E-state index contributed by atoms with van der Waals surface area (Å²) in [7, 11) is 0. The fraction of sp³-hybridized carbons (Fsp3) is 0.333. The van der Waals surface area contributed by atoms with Crippen LogP contribution in [0.25, 0.3) is 0 Å². The second-order valence-electron chi connectivity index (χ2n) is 3.38. The first-order valence-electron chi connectivity index (χ1n) is 3.78. The van der Waals surface area contributed by atoms with Gasteiger partial charge < -0.3 is 0 Å². The van der Waals surface area contributed by atoms with Gasteiger partial charge in [-0.05, 0) is 0 Å². The molecule has 0 amide bonds. The van der Waals surface area contributed by atoms with Crippen molar-refractivity contribution in [2.75, 3.05) is 2.44 Å². The Morgan fingerprint density at radius 2 is 1.73 bits per heavy atom. The molecule has 0 heterocycles.